The fourth-order valence-corrected chi connectivity index (χ4v) is 4.06. The van der Waals surface area contributed by atoms with Crippen LogP contribution < -0.4 is 0 Å². The van der Waals surface area contributed by atoms with Crippen molar-refractivity contribution in [2.75, 3.05) is 6.54 Å². The molecule has 4 aromatic rings. The molecule has 0 radical (unpaired) electrons. The number of hydrogen-bond donors (Lipinski definition) is 2. The van der Waals surface area contributed by atoms with Gasteiger partial charge in [-0.1, -0.05) is 17.7 Å². The third-order valence-electron chi connectivity index (χ3n) is 5.29. The number of pyridine rings is 1. The summed E-state index contributed by atoms with van der Waals surface area (Å²) >= 11 is 6.29. The largest absolute Gasteiger partial charge is 0.432 e. The number of amides is 1. The molecule has 2 N–H and O–H groups in total. The van der Waals surface area contributed by atoms with E-state index in [1.54, 1.807) is 35.7 Å². The van der Waals surface area contributed by atoms with Crippen LogP contribution in [-0.4, -0.2) is 47.0 Å². The van der Waals surface area contributed by atoms with Crippen LogP contribution in [0.4, 0.5) is 0 Å². The van der Waals surface area contributed by atoms with Crippen LogP contribution >= 0.6 is 11.6 Å². The molecule has 5 rings (SSSR count). The van der Waals surface area contributed by atoms with Crippen LogP contribution in [0.3, 0.4) is 0 Å². The normalized spacial score (nSPS) is 17.3. The molecule has 1 unspecified atom stereocenters. The van der Waals surface area contributed by atoms with Crippen molar-refractivity contribution in [1.29, 1.82) is 0 Å². The van der Waals surface area contributed by atoms with Gasteiger partial charge in [0.05, 0.1) is 28.9 Å². The Morgan fingerprint density at radius 1 is 1.43 bits per heavy atom. The van der Waals surface area contributed by atoms with E-state index in [1.807, 2.05) is 18.2 Å². The second-order valence-corrected chi connectivity index (χ2v) is 7.70. The number of aliphatic hydroxyl groups excluding tert-OH is 1. The van der Waals surface area contributed by atoms with Crippen molar-refractivity contribution in [2.45, 2.75) is 32.4 Å². The van der Waals surface area contributed by atoms with Gasteiger partial charge in [-0.2, -0.15) is 5.10 Å². The summed E-state index contributed by atoms with van der Waals surface area (Å²) in [4.78, 5) is 27.0. The fourth-order valence-electron chi connectivity index (χ4n) is 3.85. The molecule has 154 valence electrons. The van der Waals surface area contributed by atoms with E-state index in [-0.39, 0.29) is 17.6 Å². The Morgan fingerprint density at radius 3 is 3.00 bits per heavy atom. The summed E-state index contributed by atoms with van der Waals surface area (Å²) in [5.74, 6) is -0.102. The number of H-pyrrole nitrogens is 1. The van der Waals surface area contributed by atoms with E-state index in [4.69, 9.17) is 16.0 Å². The number of aliphatic hydroxyl groups is 1. The van der Waals surface area contributed by atoms with Crippen molar-refractivity contribution in [2.24, 2.45) is 0 Å². The predicted molar refractivity (Wildman–Crippen MR) is 107 cm³/mol. The maximum atomic E-state index is 13.5. The van der Waals surface area contributed by atoms with E-state index in [2.05, 4.69) is 20.1 Å². The van der Waals surface area contributed by atoms with Crippen LogP contribution in [0.15, 0.2) is 35.0 Å². The molecule has 1 aliphatic heterocycles. The number of nitrogens with one attached hydrogen (secondary N) is 1. The minimum absolute atomic E-state index is 0.108. The molecular formula is C20H19ClN6O3. The summed E-state index contributed by atoms with van der Waals surface area (Å²) in [6.45, 7) is 3.68. The van der Waals surface area contributed by atoms with E-state index >= 15 is 0 Å². The van der Waals surface area contributed by atoms with Gasteiger partial charge < -0.3 is 19.4 Å². The van der Waals surface area contributed by atoms with Crippen LogP contribution in [0.25, 0.3) is 5.52 Å². The molecule has 1 aliphatic rings. The van der Waals surface area contributed by atoms with E-state index in [0.717, 1.165) is 16.9 Å². The first kappa shape index (κ1) is 18.8. The number of fused-ring (bicyclic) bond motifs is 2. The number of oxazole rings is 1. The van der Waals surface area contributed by atoms with Crippen molar-refractivity contribution < 1.29 is 14.3 Å². The maximum absolute atomic E-state index is 13.5. The highest BCUT2D eigenvalue weighted by molar-refractivity contribution is 6.29. The second kappa shape index (κ2) is 6.96. The van der Waals surface area contributed by atoms with Crippen molar-refractivity contribution in [3.05, 3.63) is 70.2 Å². The zero-order chi connectivity index (χ0) is 21.0. The van der Waals surface area contributed by atoms with E-state index < -0.39 is 12.1 Å². The van der Waals surface area contributed by atoms with Gasteiger partial charge in [0, 0.05) is 18.7 Å². The van der Waals surface area contributed by atoms with Gasteiger partial charge in [0.25, 0.3) is 5.91 Å². The summed E-state index contributed by atoms with van der Waals surface area (Å²) in [6, 6.07) is 6.89. The Morgan fingerprint density at radius 2 is 2.27 bits per heavy atom. The number of aromatic nitrogens is 5. The van der Waals surface area contributed by atoms with Gasteiger partial charge in [0.15, 0.2) is 0 Å². The number of rotatable bonds is 3. The zero-order valence-electron chi connectivity index (χ0n) is 16.3. The molecule has 0 aromatic carbocycles. The van der Waals surface area contributed by atoms with Gasteiger partial charge in [-0.25, -0.2) is 14.5 Å². The van der Waals surface area contributed by atoms with Gasteiger partial charge in [-0.3, -0.25) is 4.79 Å². The number of carbonyl (C=O) groups is 1. The first-order valence-electron chi connectivity index (χ1n) is 9.56. The first-order valence-corrected chi connectivity index (χ1v) is 9.94. The third-order valence-corrected chi connectivity index (χ3v) is 5.58. The van der Waals surface area contributed by atoms with Gasteiger partial charge in [-0.05, 0) is 32.0 Å². The standard InChI is InChI=1S/C20H19ClN6O3/c1-10-18(30-19(24-10)11(2)28)20(29)26-7-6-13-16(23-9-22-13)17(26)14-8-12-4-3-5-15(21)27(12)25-14/h3-5,8-9,11,17,28H,6-7H2,1-2H3,(H,22,23)/t11?,17-/m1/s1. The average molecular weight is 427 g/mol. The molecule has 0 aliphatic carbocycles. The molecule has 0 spiro atoms. The number of aryl methyl sites for hydroxylation is 1. The van der Waals surface area contributed by atoms with Crippen LogP contribution in [0.1, 0.15) is 58.3 Å². The molecule has 1 amide bonds. The second-order valence-electron chi connectivity index (χ2n) is 7.31. The topological polar surface area (TPSA) is 113 Å². The number of halogens is 1. The molecule has 4 aromatic heterocycles. The summed E-state index contributed by atoms with van der Waals surface area (Å²) < 4.78 is 7.23. The van der Waals surface area contributed by atoms with Gasteiger partial charge in [0.1, 0.15) is 17.3 Å². The third kappa shape index (κ3) is 2.89. The number of nitrogens with zero attached hydrogens (tertiary/aromatic N) is 5. The summed E-state index contributed by atoms with van der Waals surface area (Å²) in [6.07, 6.45) is 1.35. The molecule has 9 nitrogen and oxygen atoms in total. The fraction of sp³-hybridized carbons (Fsp3) is 0.300. The summed E-state index contributed by atoms with van der Waals surface area (Å²) in [7, 11) is 0. The Hall–Kier alpha value is -3.17. The highest BCUT2D eigenvalue weighted by Gasteiger charge is 2.38. The van der Waals surface area contributed by atoms with Crippen molar-refractivity contribution in [3.63, 3.8) is 0 Å². The molecule has 2 atom stereocenters. The quantitative estimate of drug-likeness (QED) is 0.487. The van der Waals surface area contributed by atoms with Gasteiger partial charge >= 0.3 is 0 Å². The summed E-state index contributed by atoms with van der Waals surface area (Å²) in [5, 5.41) is 14.9. The van der Waals surface area contributed by atoms with E-state index in [0.29, 0.717) is 29.5 Å². The SMILES string of the molecule is Cc1nc(C(C)O)oc1C(=O)N1CCc2[nH]cnc2[C@H]1c1cc2cccc(Cl)n2n1. The van der Waals surface area contributed by atoms with Gasteiger partial charge in [0.2, 0.25) is 11.7 Å². The Labute approximate surface area is 176 Å². The van der Waals surface area contributed by atoms with Crippen molar-refractivity contribution in [3.8, 4) is 0 Å². The van der Waals surface area contributed by atoms with Crippen LogP contribution in [-0.2, 0) is 6.42 Å². The van der Waals surface area contributed by atoms with Gasteiger partial charge in [-0.15, -0.1) is 0 Å². The number of aromatic amines is 1. The molecule has 0 saturated carbocycles. The minimum atomic E-state index is -0.902. The lowest BCUT2D eigenvalue weighted by Gasteiger charge is -2.33. The molecule has 0 saturated heterocycles. The molecule has 0 bridgehead atoms. The zero-order valence-corrected chi connectivity index (χ0v) is 17.1. The average Bonchev–Trinajstić information content (AvgIpc) is 3.44. The molecule has 5 heterocycles. The highest BCUT2D eigenvalue weighted by atomic mass is 35.5. The van der Waals surface area contributed by atoms with E-state index in [1.165, 1.54) is 0 Å². The molecule has 30 heavy (non-hydrogen) atoms. The lowest BCUT2D eigenvalue weighted by Crippen LogP contribution is -2.41. The lowest BCUT2D eigenvalue weighted by atomic mass is 9.99. The Balaban J connectivity index is 1.62. The molecule has 0 fully saturated rings. The minimum Gasteiger partial charge on any atom is -0.432 e. The Kier molecular flexibility index (Phi) is 4.37. The smallest absolute Gasteiger partial charge is 0.292 e. The van der Waals surface area contributed by atoms with Crippen LogP contribution in [0.2, 0.25) is 5.15 Å². The molecular weight excluding hydrogens is 408 g/mol. The van der Waals surface area contributed by atoms with Crippen molar-refractivity contribution in [1.82, 2.24) is 29.5 Å². The first-order chi connectivity index (χ1) is 14.4. The van der Waals surface area contributed by atoms with E-state index in [9.17, 15) is 9.90 Å². The predicted octanol–water partition coefficient (Wildman–Crippen LogP) is 2.85. The van der Waals surface area contributed by atoms with Crippen LogP contribution in [0.5, 0.6) is 0 Å². The lowest BCUT2D eigenvalue weighted by molar-refractivity contribution is 0.0644. The number of hydrogen-bond acceptors (Lipinski definition) is 6. The maximum Gasteiger partial charge on any atom is 0.292 e. The highest BCUT2D eigenvalue weighted by Crippen LogP contribution is 2.35. The van der Waals surface area contributed by atoms with Crippen molar-refractivity contribution >= 4 is 23.0 Å². The molecule has 10 heteroatoms. The Bertz CT molecular complexity index is 1260. The summed E-state index contributed by atoms with van der Waals surface area (Å²) in [5.41, 5.74) is 3.60. The number of imidazole rings is 1. The number of carbonyl (C=O) groups excluding carboxylic acids is 1. The van der Waals surface area contributed by atoms with Crippen LogP contribution in [0, 0.1) is 6.92 Å². The monoisotopic (exact) mass is 426 g/mol.